The summed E-state index contributed by atoms with van der Waals surface area (Å²) in [6, 6.07) is 10.0. The van der Waals surface area contributed by atoms with E-state index in [1.54, 1.807) is 23.0 Å². The van der Waals surface area contributed by atoms with Gasteiger partial charge in [-0.05, 0) is 73.7 Å². The van der Waals surface area contributed by atoms with Gasteiger partial charge < -0.3 is 9.30 Å². The normalized spacial score (nSPS) is 17.0. The molecule has 2 aromatic heterocycles. The number of carbonyl (C=O) groups is 1. The lowest BCUT2D eigenvalue weighted by atomic mass is 9.97. The Morgan fingerprint density at radius 2 is 2.00 bits per heavy atom. The Kier molecular flexibility index (Phi) is 6.42. The molecule has 0 bridgehead atoms. The van der Waals surface area contributed by atoms with E-state index in [4.69, 9.17) is 4.74 Å². The van der Waals surface area contributed by atoms with Crippen LogP contribution in [0.2, 0.25) is 0 Å². The number of esters is 1. The molecule has 1 fully saturated rings. The fourth-order valence-corrected chi connectivity index (χ4v) is 4.24. The van der Waals surface area contributed by atoms with Gasteiger partial charge in [0.05, 0.1) is 24.6 Å². The minimum atomic E-state index is -0.378. The molecule has 0 amide bonds. The lowest BCUT2D eigenvalue weighted by Crippen LogP contribution is -2.40. The summed E-state index contributed by atoms with van der Waals surface area (Å²) >= 11 is 0. The van der Waals surface area contributed by atoms with Gasteiger partial charge >= 0.3 is 5.97 Å². The summed E-state index contributed by atoms with van der Waals surface area (Å²) in [7, 11) is 0. The minimum Gasteiger partial charge on any atom is -0.466 e. The van der Waals surface area contributed by atoms with Gasteiger partial charge in [-0.1, -0.05) is 0 Å². The second-order valence-electron chi connectivity index (χ2n) is 7.95. The van der Waals surface area contributed by atoms with Gasteiger partial charge in [0.2, 0.25) is 0 Å². The summed E-state index contributed by atoms with van der Waals surface area (Å²) in [6.45, 7) is 4.35. The van der Waals surface area contributed by atoms with Crippen LogP contribution in [-0.2, 0) is 22.6 Å². The van der Waals surface area contributed by atoms with Crippen LogP contribution in [0.3, 0.4) is 0 Å². The molecule has 4 rings (SSSR count). The van der Waals surface area contributed by atoms with E-state index < -0.39 is 0 Å². The highest BCUT2D eigenvalue weighted by Crippen LogP contribution is 2.21. The van der Waals surface area contributed by atoms with E-state index in [1.165, 1.54) is 12.1 Å². The third-order valence-corrected chi connectivity index (χ3v) is 5.74. The summed E-state index contributed by atoms with van der Waals surface area (Å²) in [6.07, 6.45) is 5.04. The Hall–Kier alpha value is -3.06. The number of benzene rings is 1. The lowest BCUT2D eigenvalue weighted by Gasteiger charge is -2.31. The van der Waals surface area contributed by atoms with Crippen LogP contribution in [-0.4, -0.2) is 40.1 Å². The van der Waals surface area contributed by atoms with Crippen molar-refractivity contribution in [1.29, 1.82) is 0 Å². The minimum absolute atomic E-state index is 0.145. The zero-order valence-corrected chi connectivity index (χ0v) is 17.6. The van der Waals surface area contributed by atoms with E-state index in [9.17, 15) is 14.0 Å². The number of nitrogens with zero attached hydrogens (tertiary/aromatic N) is 3. The van der Waals surface area contributed by atoms with Crippen LogP contribution in [0.5, 0.6) is 0 Å². The average molecular weight is 423 g/mol. The van der Waals surface area contributed by atoms with Crippen LogP contribution >= 0.6 is 0 Å². The Morgan fingerprint density at radius 3 is 2.77 bits per heavy atom. The Morgan fingerprint density at radius 1 is 1.19 bits per heavy atom. The van der Waals surface area contributed by atoms with Gasteiger partial charge in [0, 0.05) is 31.0 Å². The second kappa shape index (κ2) is 9.39. The molecule has 0 radical (unpaired) electrons. The van der Waals surface area contributed by atoms with Crippen LogP contribution in [0.1, 0.15) is 30.9 Å². The molecule has 31 heavy (non-hydrogen) atoms. The van der Waals surface area contributed by atoms with Crippen molar-refractivity contribution < 1.29 is 13.9 Å². The molecule has 1 aliphatic rings. The average Bonchev–Trinajstić information content (AvgIpc) is 2.78. The standard InChI is InChI=1S/C24H26FN3O3/c1-2-31-24(30)19-4-3-11-27(15-19)16-20-12-18-5-6-21(25)13-22(18)28(23(20)29)14-17-7-9-26-10-8-17/h5-10,12-13,19H,2-4,11,14-16H2,1H3. The molecule has 1 aliphatic heterocycles. The number of hydrogen-bond donors (Lipinski definition) is 0. The highest BCUT2D eigenvalue weighted by Gasteiger charge is 2.27. The van der Waals surface area contributed by atoms with Crippen molar-refractivity contribution in [1.82, 2.24) is 14.5 Å². The lowest BCUT2D eigenvalue weighted by molar-refractivity contribution is -0.150. The summed E-state index contributed by atoms with van der Waals surface area (Å²) in [5.41, 5.74) is 1.97. The molecule has 7 heteroatoms. The zero-order chi connectivity index (χ0) is 21.8. The first-order valence-corrected chi connectivity index (χ1v) is 10.6. The molecule has 162 valence electrons. The van der Waals surface area contributed by atoms with Crippen molar-refractivity contribution in [2.45, 2.75) is 32.9 Å². The Labute approximate surface area is 180 Å². The highest BCUT2D eigenvalue weighted by molar-refractivity contribution is 5.80. The fraction of sp³-hybridized carbons (Fsp3) is 0.375. The highest BCUT2D eigenvalue weighted by atomic mass is 19.1. The molecule has 1 atom stereocenters. The second-order valence-corrected chi connectivity index (χ2v) is 7.95. The maximum atomic E-state index is 14.0. The first kappa shape index (κ1) is 21.2. The molecule has 0 aliphatic carbocycles. The maximum Gasteiger partial charge on any atom is 0.310 e. The first-order valence-electron chi connectivity index (χ1n) is 10.6. The van der Waals surface area contributed by atoms with Crippen molar-refractivity contribution in [2.75, 3.05) is 19.7 Å². The van der Waals surface area contributed by atoms with E-state index in [1.807, 2.05) is 25.1 Å². The number of ether oxygens (including phenoxy) is 1. The van der Waals surface area contributed by atoms with Gasteiger partial charge in [-0.15, -0.1) is 0 Å². The number of fused-ring (bicyclic) bond motifs is 1. The van der Waals surface area contributed by atoms with Gasteiger partial charge in [-0.25, -0.2) is 4.39 Å². The van der Waals surface area contributed by atoms with E-state index in [0.717, 1.165) is 30.3 Å². The third-order valence-electron chi connectivity index (χ3n) is 5.74. The molecular formula is C24H26FN3O3. The van der Waals surface area contributed by atoms with E-state index in [2.05, 4.69) is 9.88 Å². The summed E-state index contributed by atoms with van der Waals surface area (Å²) in [5, 5.41) is 0.809. The van der Waals surface area contributed by atoms with E-state index in [-0.39, 0.29) is 23.3 Å². The number of halogens is 1. The summed E-state index contributed by atoms with van der Waals surface area (Å²) in [4.78, 5) is 31.7. The van der Waals surface area contributed by atoms with Gasteiger partial charge in [0.25, 0.3) is 5.56 Å². The fourth-order valence-electron chi connectivity index (χ4n) is 4.24. The zero-order valence-electron chi connectivity index (χ0n) is 17.6. The quantitative estimate of drug-likeness (QED) is 0.569. The predicted octanol–water partition coefficient (Wildman–Crippen LogP) is 3.36. The molecular weight excluding hydrogens is 397 g/mol. The topological polar surface area (TPSA) is 64.4 Å². The van der Waals surface area contributed by atoms with Gasteiger partial charge in [0.1, 0.15) is 5.82 Å². The molecule has 0 N–H and O–H groups in total. The van der Waals surface area contributed by atoms with Crippen molar-refractivity contribution in [3.8, 4) is 0 Å². The van der Waals surface area contributed by atoms with Crippen molar-refractivity contribution in [3.05, 3.63) is 76.1 Å². The SMILES string of the molecule is CCOC(=O)C1CCCN(Cc2cc3ccc(F)cc3n(Cc3ccncc3)c2=O)C1. The molecule has 3 aromatic rings. The number of piperidine rings is 1. The molecule has 3 heterocycles. The van der Waals surface area contributed by atoms with E-state index in [0.29, 0.717) is 37.3 Å². The molecule has 0 saturated carbocycles. The van der Waals surface area contributed by atoms with Crippen LogP contribution < -0.4 is 5.56 Å². The van der Waals surface area contributed by atoms with Crippen LogP contribution in [0.15, 0.2) is 53.6 Å². The van der Waals surface area contributed by atoms with Crippen LogP contribution in [0.25, 0.3) is 10.9 Å². The molecule has 6 nitrogen and oxygen atoms in total. The number of likely N-dealkylation sites (tertiary alicyclic amines) is 1. The Bertz CT molecular complexity index is 1130. The number of pyridine rings is 2. The monoisotopic (exact) mass is 423 g/mol. The maximum absolute atomic E-state index is 14.0. The summed E-state index contributed by atoms with van der Waals surface area (Å²) < 4.78 is 20.8. The Balaban J connectivity index is 1.66. The van der Waals surface area contributed by atoms with E-state index >= 15 is 0 Å². The largest absolute Gasteiger partial charge is 0.466 e. The number of rotatable bonds is 6. The predicted molar refractivity (Wildman–Crippen MR) is 116 cm³/mol. The molecule has 1 aromatic carbocycles. The third kappa shape index (κ3) is 4.82. The number of aromatic nitrogens is 2. The molecule has 0 spiro atoms. The van der Waals surface area contributed by atoms with Gasteiger partial charge in [0.15, 0.2) is 0 Å². The van der Waals surface area contributed by atoms with Gasteiger partial charge in [-0.3, -0.25) is 19.5 Å². The smallest absolute Gasteiger partial charge is 0.310 e. The molecule has 1 saturated heterocycles. The van der Waals surface area contributed by atoms with Crippen molar-refractivity contribution >= 4 is 16.9 Å². The number of hydrogen-bond acceptors (Lipinski definition) is 5. The van der Waals surface area contributed by atoms with Crippen molar-refractivity contribution in [2.24, 2.45) is 5.92 Å². The van der Waals surface area contributed by atoms with Crippen LogP contribution in [0, 0.1) is 11.7 Å². The first-order chi connectivity index (χ1) is 15.0. The van der Waals surface area contributed by atoms with Crippen LogP contribution in [0.4, 0.5) is 4.39 Å². The molecule has 1 unspecified atom stereocenters. The number of carbonyl (C=O) groups excluding carboxylic acids is 1. The summed E-state index contributed by atoms with van der Waals surface area (Å²) in [5.74, 6) is -0.713. The van der Waals surface area contributed by atoms with Gasteiger partial charge in [-0.2, -0.15) is 0 Å². The van der Waals surface area contributed by atoms with Crippen molar-refractivity contribution in [3.63, 3.8) is 0 Å².